The molecule has 0 atom stereocenters. The molecule has 0 aromatic heterocycles. The van der Waals surface area contributed by atoms with Crippen molar-refractivity contribution in [1.29, 1.82) is 0 Å². The number of benzene rings is 4. The van der Waals surface area contributed by atoms with Crippen LogP contribution >= 0.6 is 0 Å². The van der Waals surface area contributed by atoms with E-state index in [1.54, 1.807) is 51.1 Å². The van der Waals surface area contributed by atoms with E-state index in [2.05, 4.69) is 25.8 Å². The van der Waals surface area contributed by atoms with Crippen LogP contribution in [0.15, 0.2) is 84.8 Å². The molecule has 218 valence electrons. The van der Waals surface area contributed by atoms with Crippen LogP contribution in [0.4, 0.5) is 28.4 Å². The van der Waals surface area contributed by atoms with E-state index in [-0.39, 0.29) is 23.0 Å². The molecule has 15 heteroatoms. The second kappa shape index (κ2) is 11.4. The van der Waals surface area contributed by atoms with Crippen molar-refractivity contribution in [3.05, 3.63) is 71.3 Å². The summed E-state index contributed by atoms with van der Waals surface area (Å²) in [6.07, 6.45) is 0. The Kier molecular flexibility index (Phi) is 8.22. The number of aryl methyl sites for hydroxylation is 3. The van der Waals surface area contributed by atoms with Gasteiger partial charge in [0.05, 0.1) is 11.4 Å². The fraction of sp³-hybridized carbons (Fsp3) is 0.148. The molecule has 0 aliphatic rings. The topological polar surface area (TPSA) is 208 Å². The minimum absolute atomic E-state index is 0.0665. The number of hydrogen-bond donors (Lipinski definition) is 4. The molecule has 0 heterocycles. The zero-order valence-corrected chi connectivity index (χ0v) is 24.3. The predicted molar refractivity (Wildman–Crippen MR) is 155 cm³/mol. The Morgan fingerprint density at radius 1 is 0.714 bits per heavy atom. The lowest BCUT2D eigenvalue weighted by Crippen LogP contribution is -2.05. The van der Waals surface area contributed by atoms with Crippen LogP contribution in [0.25, 0.3) is 10.8 Å². The number of anilines is 1. The quantitative estimate of drug-likeness (QED) is 0.129. The zero-order chi connectivity index (χ0) is 31.0. The lowest BCUT2D eigenvalue weighted by molar-refractivity contribution is -0.114. The Hall–Kier alpha value is -4.57. The summed E-state index contributed by atoms with van der Waals surface area (Å²) >= 11 is 0. The van der Waals surface area contributed by atoms with Crippen LogP contribution in [-0.2, 0) is 25.0 Å². The van der Waals surface area contributed by atoms with Crippen molar-refractivity contribution < 1.29 is 35.8 Å². The molecule has 0 aliphatic heterocycles. The van der Waals surface area contributed by atoms with E-state index in [0.29, 0.717) is 44.5 Å². The smallest absolute Gasteiger partial charge is 0.296 e. The largest absolute Gasteiger partial charge is 0.508 e. The molecule has 0 saturated heterocycles. The van der Waals surface area contributed by atoms with Gasteiger partial charge in [-0.2, -0.15) is 27.1 Å². The van der Waals surface area contributed by atoms with Gasteiger partial charge in [-0.1, -0.05) is 6.07 Å². The monoisotopic (exact) mass is 611 g/mol. The van der Waals surface area contributed by atoms with Gasteiger partial charge in [-0.15, -0.1) is 10.2 Å². The maximum Gasteiger partial charge on any atom is 0.296 e. The van der Waals surface area contributed by atoms with Crippen molar-refractivity contribution in [2.75, 3.05) is 5.32 Å². The number of phenolic OH excluding ortho intramolecular Hbond substituents is 1. The third-order valence-electron chi connectivity index (χ3n) is 6.19. The Labute approximate surface area is 241 Å². The molecule has 0 aliphatic carbocycles. The third-order valence-corrected chi connectivity index (χ3v) is 7.94. The van der Waals surface area contributed by atoms with Crippen molar-refractivity contribution in [3.63, 3.8) is 0 Å². The number of fused-ring (bicyclic) bond motifs is 1. The number of azo groups is 2. The third kappa shape index (κ3) is 6.66. The molecule has 4 aromatic rings. The fourth-order valence-corrected chi connectivity index (χ4v) is 5.51. The first kappa shape index (κ1) is 30.4. The van der Waals surface area contributed by atoms with E-state index < -0.39 is 30.0 Å². The van der Waals surface area contributed by atoms with Gasteiger partial charge in [0.25, 0.3) is 20.2 Å². The van der Waals surface area contributed by atoms with E-state index in [1.807, 2.05) is 0 Å². The number of carbonyl (C=O) groups excluding carboxylic acids is 1. The van der Waals surface area contributed by atoms with Crippen molar-refractivity contribution >= 4 is 65.4 Å². The van der Waals surface area contributed by atoms with Crippen LogP contribution in [0.2, 0.25) is 0 Å². The van der Waals surface area contributed by atoms with Gasteiger partial charge in [0.15, 0.2) is 0 Å². The van der Waals surface area contributed by atoms with E-state index in [1.165, 1.54) is 25.1 Å². The predicted octanol–water partition coefficient (Wildman–Crippen LogP) is 6.75. The molecule has 42 heavy (non-hydrogen) atoms. The van der Waals surface area contributed by atoms with Gasteiger partial charge >= 0.3 is 0 Å². The van der Waals surface area contributed by atoms with Crippen LogP contribution in [0, 0.1) is 20.8 Å². The number of nitrogens with one attached hydrogen (secondary N) is 1. The molecule has 0 fully saturated rings. The highest BCUT2D eigenvalue weighted by atomic mass is 32.2. The van der Waals surface area contributed by atoms with Crippen molar-refractivity contribution in [1.82, 2.24) is 0 Å². The highest BCUT2D eigenvalue weighted by molar-refractivity contribution is 7.86. The number of hydrogen-bond acceptors (Lipinski definition) is 10. The average Bonchev–Trinajstić information content (AvgIpc) is 2.87. The number of amides is 1. The Morgan fingerprint density at radius 3 is 1.86 bits per heavy atom. The van der Waals surface area contributed by atoms with Crippen LogP contribution in [0.1, 0.15) is 23.6 Å². The Balaban J connectivity index is 1.74. The molecule has 13 nitrogen and oxygen atoms in total. The molecule has 4 rings (SSSR count). The highest BCUT2D eigenvalue weighted by Gasteiger charge is 2.21. The van der Waals surface area contributed by atoms with Gasteiger partial charge in [0, 0.05) is 18.7 Å². The van der Waals surface area contributed by atoms with Crippen molar-refractivity contribution in [3.8, 4) is 5.75 Å². The lowest BCUT2D eigenvalue weighted by Gasteiger charge is -2.12. The van der Waals surface area contributed by atoms with E-state index in [9.17, 15) is 35.8 Å². The Morgan fingerprint density at radius 2 is 1.29 bits per heavy atom. The standard InChI is InChI=1S/C27H25N5O8S2/c1-14-10-24(15(2)9-23(14)30-29-22-8-6-20(34)13-25(22)41(35,36)37)31-32-27-16(3)21-7-5-19(28-17(4)33)11-18(21)12-26(27)42(38,39)40/h5-13,34H,1-4H3,(H,28,33)(H,35,36,37)(H,38,39,40). The van der Waals surface area contributed by atoms with Gasteiger partial charge in [-0.3, -0.25) is 13.9 Å². The van der Waals surface area contributed by atoms with Crippen molar-refractivity contribution in [2.45, 2.75) is 37.5 Å². The molecule has 0 spiro atoms. The van der Waals surface area contributed by atoms with E-state index in [4.69, 9.17) is 0 Å². The minimum atomic E-state index is -4.71. The van der Waals surface area contributed by atoms with Crippen LogP contribution < -0.4 is 5.32 Å². The average molecular weight is 612 g/mol. The molecule has 0 radical (unpaired) electrons. The SMILES string of the molecule is CC(=O)Nc1ccc2c(C)c(N=Nc3cc(C)c(N=Nc4ccc(O)cc4S(=O)(=O)O)cc3C)c(S(=O)(=O)O)cc2c1. The first-order valence-corrected chi connectivity index (χ1v) is 15.0. The molecule has 4 aromatic carbocycles. The summed E-state index contributed by atoms with van der Waals surface area (Å²) in [5, 5.41) is 29.7. The molecule has 0 bridgehead atoms. The molecule has 1 amide bonds. The van der Waals surface area contributed by atoms with E-state index in [0.717, 1.165) is 6.07 Å². The first-order valence-electron chi connectivity index (χ1n) is 12.1. The molecule has 0 unspecified atom stereocenters. The second-order valence-corrected chi connectivity index (χ2v) is 12.2. The summed E-state index contributed by atoms with van der Waals surface area (Å²) in [4.78, 5) is 10.4. The maximum atomic E-state index is 12.3. The normalized spacial score (nSPS) is 12.4. The summed E-state index contributed by atoms with van der Waals surface area (Å²) in [5.74, 6) is -0.676. The van der Waals surface area contributed by atoms with Gasteiger partial charge in [-0.05, 0) is 90.7 Å². The fourth-order valence-electron chi connectivity index (χ4n) is 4.15. The highest BCUT2D eigenvalue weighted by Crippen LogP contribution is 2.38. The number of nitrogens with zero attached hydrogens (tertiary/aromatic N) is 4. The number of aromatic hydroxyl groups is 1. The van der Waals surface area contributed by atoms with Crippen LogP contribution in [0.3, 0.4) is 0 Å². The molecule has 0 saturated carbocycles. The number of carbonyl (C=O) groups is 1. The lowest BCUT2D eigenvalue weighted by atomic mass is 10.0. The zero-order valence-electron chi connectivity index (χ0n) is 22.7. The summed E-state index contributed by atoms with van der Waals surface area (Å²) in [6, 6.07) is 12.6. The molecular weight excluding hydrogens is 586 g/mol. The summed E-state index contributed by atoms with van der Waals surface area (Å²) in [6.45, 7) is 6.36. The molecular formula is C27H25N5O8S2. The summed E-state index contributed by atoms with van der Waals surface area (Å²) < 4.78 is 67.3. The van der Waals surface area contributed by atoms with Crippen molar-refractivity contribution in [2.24, 2.45) is 20.5 Å². The van der Waals surface area contributed by atoms with Gasteiger partial charge in [0.1, 0.15) is 26.9 Å². The summed E-state index contributed by atoms with van der Waals surface area (Å²) in [5.41, 5.74) is 2.45. The summed E-state index contributed by atoms with van der Waals surface area (Å²) in [7, 11) is -9.38. The first-order chi connectivity index (χ1) is 19.5. The Bertz CT molecular complexity index is 2040. The maximum absolute atomic E-state index is 12.3. The van der Waals surface area contributed by atoms with Gasteiger partial charge < -0.3 is 10.4 Å². The molecule has 4 N–H and O–H groups in total. The second-order valence-electron chi connectivity index (χ2n) is 9.39. The number of rotatable bonds is 7. The van der Waals surface area contributed by atoms with Gasteiger partial charge in [-0.25, -0.2) is 0 Å². The van der Waals surface area contributed by atoms with Crippen LogP contribution in [0.5, 0.6) is 5.75 Å². The number of phenols is 1. The minimum Gasteiger partial charge on any atom is -0.508 e. The van der Waals surface area contributed by atoms with Gasteiger partial charge in [0.2, 0.25) is 5.91 Å². The van der Waals surface area contributed by atoms with E-state index >= 15 is 0 Å². The van der Waals surface area contributed by atoms with Crippen LogP contribution in [-0.4, -0.2) is 37.0 Å².